The first-order chi connectivity index (χ1) is 8.59. The molecule has 1 aromatic carbocycles. The van der Waals surface area contributed by atoms with Crippen LogP contribution in [0.2, 0.25) is 0 Å². The third-order valence-electron chi connectivity index (χ3n) is 4.08. The van der Waals surface area contributed by atoms with E-state index in [9.17, 15) is 5.11 Å². The first kappa shape index (κ1) is 13.2. The number of anilines is 1. The van der Waals surface area contributed by atoms with Gasteiger partial charge in [0.2, 0.25) is 0 Å². The van der Waals surface area contributed by atoms with E-state index < -0.39 is 0 Å². The molecule has 0 spiro atoms. The highest BCUT2D eigenvalue weighted by Crippen LogP contribution is 2.28. The van der Waals surface area contributed by atoms with Crippen molar-refractivity contribution in [1.29, 1.82) is 0 Å². The minimum absolute atomic E-state index is 0.414. The number of hydrogen-bond donors (Lipinski definition) is 2. The first-order valence-electron chi connectivity index (χ1n) is 6.83. The number of aryl methyl sites for hydroxylation is 1. The van der Waals surface area contributed by atoms with E-state index in [2.05, 4.69) is 23.3 Å². The molecule has 0 saturated carbocycles. The van der Waals surface area contributed by atoms with E-state index in [1.54, 1.807) is 0 Å². The summed E-state index contributed by atoms with van der Waals surface area (Å²) in [5.74, 6) is 0.414. The Kier molecular flexibility index (Phi) is 4.12. The van der Waals surface area contributed by atoms with Crippen LogP contribution in [0.1, 0.15) is 30.4 Å². The maximum Gasteiger partial charge on any atom is 0.123 e. The number of piperidine rings is 1. The summed E-state index contributed by atoms with van der Waals surface area (Å²) in [5.41, 5.74) is 2.94. The van der Waals surface area contributed by atoms with Crippen molar-refractivity contribution >= 4 is 5.69 Å². The fraction of sp³-hybridized carbons (Fsp3) is 0.600. The van der Waals surface area contributed by atoms with Crippen molar-refractivity contribution in [3.05, 3.63) is 23.3 Å². The van der Waals surface area contributed by atoms with E-state index in [1.165, 1.54) is 25.8 Å². The summed E-state index contributed by atoms with van der Waals surface area (Å²) in [6, 6.07) is 4.64. The molecule has 0 aliphatic carbocycles. The summed E-state index contributed by atoms with van der Waals surface area (Å²) >= 11 is 0. The third-order valence-corrected chi connectivity index (χ3v) is 4.08. The van der Waals surface area contributed by atoms with Crippen molar-refractivity contribution < 1.29 is 5.11 Å². The summed E-state index contributed by atoms with van der Waals surface area (Å²) in [6.07, 6.45) is 3.91. The topological polar surface area (TPSA) is 35.5 Å². The second kappa shape index (κ2) is 5.61. The lowest BCUT2D eigenvalue weighted by Crippen LogP contribution is -2.40. The lowest BCUT2D eigenvalue weighted by molar-refractivity contribution is 0.194. The van der Waals surface area contributed by atoms with Gasteiger partial charge in [0.05, 0.1) is 0 Å². The van der Waals surface area contributed by atoms with Gasteiger partial charge in [0.1, 0.15) is 5.75 Å². The lowest BCUT2D eigenvalue weighted by atomic mass is 10.0. The lowest BCUT2D eigenvalue weighted by Gasteiger charge is -2.33. The van der Waals surface area contributed by atoms with Crippen LogP contribution < -0.4 is 5.32 Å². The number of nitrogens with zero attached hydrogens (tertiary/aromatic N) is 1. The fourth-order valence-corrected chi connectivity index (χ4v) is 2.66. The number of phenols is 1. The Morgan fingerprint density at radius 3 is 2.83 bits per heavy atom. The Morgan fingerprint density at radius 1 is 1.33 bits per heavy atom. The van der Waals surface area contributed by atoms with E-state index in [0.717, 1.165) is 23.4 Å². The molecule has 100 valence electrons. The highest BCUT2D eigenvalue weighted by atomic mass is 16.3. The van der Waals surface area contributed by atoms with Crippen LogP contribution in [0, 0.1) is 13.8 Å². The van der Waals surface area contributed by atoms with E-state index in [-0.39, 0.29) is 0 Å². The summed E-state index contributed by atoms with van der Waals surface area (Å²) in [4.78, 5) is 2.43. The van der Waals surface area contributed by atoms with Gasteiger partial charge >= 0.3 is 0 Å². The van der Waals surface area contributed by atoms with Crippen molar-refractivity contribution in [2.75, 3.05) is 25.5 Å². The largest absolute Gasteiger partial charge is 0.507 e. The van der Waals surface area contributed by atoms with Crippen LogP contribution in [-0.2, 0) is 0 Å². The monoisotopic (exact) mass is 248 g/mol. The molecule has 1 aliphatic heterocycles. The van der Waals surface area contributed by atoms with Crippen molar-refractivity contribution in [2.45, 2.75) is 39.2 Å². The molecule has 1 atom stereocenters. The molecule has 2 N–H and O–H groups in total. The highest BCUT2D eigenvalue weighted by molar-refractivity contribution is 5.59. The molecule has 0 bridgehead atoms. The maximum atomic E-state index is 9.93. The van der Waals surface area contributed by atoms with Crippen LogP contribution in [0.4, 0.5) is 5.69 Å². The molecule has 0 radical (unpaired) electrons. The van der Waals surface area contributed by atoms with Gasteiger partial charge in [0.15, 0.2) is 0 Å². The zero-order valence-corrected chi connectivity index (χ0v) is 11.7. The van der Waals surface area contributed by atoms with Crippen LogP contribution in [0.25, 0.3) is 0 Å². The van der Waals surface area contributed by atoms with Gasteiger partial charge in [-0.2, -0.15) is 0 Å². The number of rotatable bonds is 3. The van der Waals surface area contributed by atoms with Crippen molar-refractivity contribution in [3.8, 4) is 5.75 Å². The van der Waals surface area contributed by atoms with Gasteiger partial charge in [-0.25, -0.2) is 0 Å². The molecule has 3 nitrogen and oxygen atoms in total. The number of nitrogens with one attached hydrogen (secondary N) is 1. The molecule has 1 saturated heterocycles. The molecule has 3 heteroatoms. The zero-order chi connectivity index (χ0) is 13.1. The van der Waals surface area contributed by atoms with E-state index >= 15 is 0 Å². The van der Waals surface area contributed by atoms with Crippen LogP contribution in [0.15, 0.2) is 12.1 Å². The van der Waals surface area contributed by atoms with Gasteiger partial charge in [-0.05, 0) is 51.9 Å². The summed E-state index contributed by atoms with van der Waals surface area (Å²) in [7, 11) is 2.20. The summed E-state index contributed by atoms with van der Waals surface area (Å²) < 4.78 is 0. The molecule has 1 heterocycles. The highest BCUT2D eigenvalue weighted by Gasteiger charge is 2.18. The summed E-state index contributed by atoms with van der Waals surface area (Å²) in [5, 5.41) is 13.4. The zero-order valence-electron chi connectivity index (χ0n) is 11.7. The molecule has 0 amide bonds. The molecular weight excluding hydrogens is 224 g/mol. The van der Waals surface area contributed by atoms with E-state index in [1.807, 2.05) is 19.9 Å². The van der Waals surface area contributed by atoms with Gasteiger partial charge in [0, 0.05) is 23.8 Å². The molecular formula is C15H24N2O. The SMILES string of the molecule is Cc1ccc(NCC2CCCCN2C)c(C)c1O. The number of phenolic OH excluding ortho intramolecular Hbond substituents is 1. The van der Waals surface area contributed by atoms with E-state index in [4.69, 9.17) is 0 Å². The van der Waals surface area contributed by atoms with Crippen LogP contribution in [0.3, 0.4) is 0 Å². The standard InChI is InChI=1S/C15H24N2O/c1-11-7-8-14(12(2)15(11)18)16-10-13-6-4-5-9-17(13)3/h7-8,13,16,18H,4-6,9-10H2,1-3H3. The van der Waals surface area contributed by atoms with Crippen molar-refractivity contribution in [2.24, 2.45) is 0 Å². The Balaban J connectivity index is 1.99. The number of benzene rings is 1. The normalized spacial score (nSPS) is 20.9. The Hall–Kier alpha value is -1.22. The smallest absolute Gasteiger partial charge is 0.123 e. The molecule has 1 unspecified atom stereocenters. The van der Waals surface area contributed by atoms with Gasteiger partial charge in [0.25, 0.3) is 0 Å². The number of hydrogen-bond acceptors (Lipinski definition) is 3. The minimum atomic E-state index is 0.414. The third kappa shape index (κ3) is 2.78. The minimum Gasteiger partial charge on any atom is -0.507 e. The maximum absolute atomic E-state index is 9.93. The second-order valence-corrected chi connectivity index (χ2v) is 5.41. The predicted molar refractivity (Wildman–Crippen MR) is 76.3 cm³/mol. The molecule has 2 rings (SSSR count). The Labute approximate surface area is 110 Å². The Morgan fingerprint density at radius 2 is 2.11 bits per heavy atom. The van der Waals surface area contributed by atoms with Crippen molar-refractivity contribution in [3.63, 3.8) is 0 Å². The predicted octanol–water partition coefficient (Wildman–Crippen LogP) is 2.91. The first-order valence-corrected chi connectivity index (χ1v) is 6.83. The van der Waals surface area contributed by atoms with Gasteiger partial charge in [-0.1, -0.05) is 12.5 Å². The fourth-order valence-electron chi connectivity index (χ4n) is 2.66. The van der Waals surface area contributed by atoms with Gasteiger partial charge < -0.3 is 15.3 Å². The second-order valence-electron chi connectivity index (χ2n) is 5.41. The molecule has 1 fully saturated rings. The van der Waals surface area contributed by atoms with Crippen LogP contribution >= 0.6 is 0 Å². The van der Waals surface area contributed by atoms with Crippen LogP contribution in [0.5, 0.6) is 5.75 Å². The quantitative estimate of drug-likeness (QED) is 0.863. The average Bonchev–Trinajstić information content (AvgIpc) is 2.37. The number of likely N-dealkylation sites (tertiary alicyclic amines) is 1. The van der Waals surface area contributed by atoms with Gasteiger partial charge in [-0.3, -0.25) is 0 Å². The number of likely N-dealkylation sites (N-methyl/N-ethyl adjacent to an activating group) is 1. The Bertz CT molecular complexity index is 417. The van der Waals surface area contributed by atoms with Crippen LogP contribution in [-0.4, -0.2) is 36.2 Å². The van der Waals surface area contributed by atoms with E-state index in [0.29, 0.717) is 11.8 Å². The average molecular weight is 248 g/mol. The molecule has 1 aromatic rings. The van der Waals surface area contributed by atoms with Crippen molar-refractivity contribution in [1.82, 2.24) is 4.90 Å². The molecule has 0 aromatic heterocycles. The summed E-state index contributed by atoms with van der Waals surface area (Å²) in [6.45, 7) is 6.06. The molecule has 18 heavy (non-hydrogen) atoms. The van der Waals surface area contributed by atoms with Gasteiger partial charge in [-0.15, -0.1) is 0 Å². The number of aromatic hydroxyl groups is 1. The molecule has 1 aliphatic rings.